The van der Waals surface area contributed by atoms with Crippen LogP contribution in [0.25, 0.3) is 0 Å². The van der Waals surface area contributed by atoms with Crippen molar-refractivity contribution < 1.29 is 9.63 Å². The molecule has 0 aromatic heterocycles. The highest BCUT2D eigenvalue weighted by molar-refractivity contribution is 5.74. The second-order valence-electron chi connectivity index (χ2n) is 8.62. The van der Waals surface area contributed by atoms with E-state index in [9.17, 15) is 4.79 Å². The zero-order valence-corrected chi connectivity index (χ0v) is 18.7. The first-order chi connectivity index (χ1) is 13.2. The highest BCUT2D eigenvalue weighted by Gasteiger charge is 2.54. The molecule has 5 atom stereocenters. The molecule has 0 saturated carbocycles. The molecular formula is C23H39N3O2. The average Bonchev–Trinajstić information content (AvgIpc) is 2.70. The maximum atomic E-state index is 12.2. The average molecular weight is 390 g/mol. The van der Waals surface area contributed by atoms with Gasteiger partial charge in [-0.1, -0.05) is 51.1 Å². The van der Waals surface area contributed by atoms with E-state index in [1.54, 1.807) is 0 Å². The lowest BCUT2D eigenvalue weighted by Gasteiger charge is -2.60. The third kappa shape index (κ3) is 4.52. The van der Waals surface area contributed by atoms with Crippen LogP contribution >= 0.6 is 0 Å². The van der Waals surface area contributed by atoms with Crippen LogP contribution in [0.4, 0.5) is 4.79 Å². The second-order valence-corrected chi connectivity index (χ2v) is 8.62. The smallest absolute Gasteiger partial charge is 0.315 e. The zero-order valence-electron chi connectivity index (χ0n) is 18.7. The Kier molecular flexibility index (Phi) is 7.52. The summed E-state index contributed by atoms with van der Waals surface area (Å²) in [4.78, 5) is 18.9. The van der Waals surface area contributed by atoms with Crippen LogP contribution < -0.4 is 10.6 Å². The van der Waals surface area contributed by atoms with Crippen molar-refractivity contribution in [2.24, 2.45) is 5.92 Å². The molecule has 28 heavy (non-hydrogen) atoms. The van der Waals surface area contributed by atoms with Gasteiger partial charge in [0.1, 0.15) is 6.10 Å². The number of nitrogens with one attached hydrogen (secondary N) is 2. The molecule has 0 radical (unpaired) electrons. The van der Waals surface area contributed by atoms with Gasteiger partial charge in [-0.3, -0.25) is 4.84 Å². The molecular weight excluding hydrogens is 350 g/mol. The maximum absolute atomic E-state index is 12.2. The normalized spacial score (nSPS) is 32.0. The Bertz CT molecular complexity index is 638. The van der Waals surface area contributed by atoms with Crippen molar-refractivity contribution in [1.82, 2.24) is 15.7 Å². The Morgan fingerprint density at radius 1 is 1.21 bits per heavy atom. The zero-order chi connectivity index (χ0) is 20.9. The summed E-state index contributed by atoms with van der Waals surface area (Å²) in [6.07, 6.45) is 2.72. The molecule has 1 aromatic carbocycles. The number of benzene rings is 1. The minimum atomic E-state index is -0.184. The summed E-state index contributed by atoms with van der Waals surface area (Å²) in [7, 11) is 0. The summed E-state index contributed by atoms with van der Waals surface area (Å²) in [5.74, 6) is 0.253. The first kappa shape index (κ1) is 22.7. The third-order valence-electron chi connectivity index (χ3n) is 6.86. The minimum Gasteiger partial charge on any atom is -0.338 e. The van der Waals surface area contributed by atoms with E-state index in [-0.39, 0.29) is 35.2 Å². The number of hydroxylamine groups is 2. The van der Waals surface area contributed by atoms with E-state index >= 15 is 0 Å². The molecule has 0 spiro atoms. The van der Waals surface area contributed by atoms with Gasteiger partial charge in [-0.05, 0) is 58.4 Å². The first-order valence-electron chi connectivity index (χ1n) is 10.8. The molecule has 1 aliphatic heterocycles. The highest BCUT2D eigenvalue weighted by Crippen LogP contribution is 2.47. The molecule has 0 bridgehead atoms. The number of nitrogens with zero attached hydrogens (tertiary/aromatic N) is 1. The summed E-state index contributed by atoms with van der Waals surface area (Å²) >= 11 is 0. The quantitative estimate of drug-likeness (QED) is 0.686. The molecule has 1 aromatic rings. The van der Waals surface area contributed by atoms with Crippen LogP contribution in [0.1, 0.15) is 79.4 Å². The van der Waals surface area contributed by atoms with Crippen LogP contribution in [0.3, 0.4) is 0 Å². The summed E-state index contributed by atoms with van der Waals surface area (Å²) in [6, 6.07) is 10.4. The van der Waals surface area contributed by atoms with Gasteiger partial charge in [0.2, 0.25) is 0 Å². The Morgan fingerprint density at radius 3 is 2.39 bits per heavy atom. The van der Waals surface area contributed by atoms with E-state index in [0.717, 1.165) is 19.3 Å². The van der Waals surface area contributed by atoms with Gasteiger partial charge in [-0.2, -0.15) is 5.06 Å². The fourth-order valence-corrected chi connectivity index (χ4v) is 4.47. The number of carbonyl (C=O) groups excluding carboxylic acids is 1. The fraction of sp³-hybridized carbons (Fsp3) is 0.696. The van der Waals surface area contributed by atoms with Crippen molar-refractivity contribution in [3.05, 3.63) is 35.9 Å². The molecule has 158 valence electrons. The van der Waals surface area contributed by atoms with Crippen molar-refractivity contribution in [2.45, 2.75) is 91.0 Å². The Morgan fingerprint density at radius 2 is 1.86 bits per heavy atom. The van der Waals surface area contributed by atoms with E-state index in [2.05, 4.69) is 81.5 Å². The van der Waals surface area contributed by atoms with Gasteiger partial charge in [-0.15, -0.1) is 0 Å². The van der Waals surface area contributed by atoms with Crippen LogP contribution in [0, 0.1) is 5.92 Å². The first-order valence-corrected chi connectivity index (χ1v) is 10.8. The predicted octanol–water partition coefficient (Wildman–Crippen LogP) is 5.05. The molecule has 5 nitrogen and oxygen atoms in total. The lowest BCUT2D eigenvalue weighted by Crippen LogP contribution is -2.70. The maximum Gasteiger partial charge on any atom is 0.315 e. The molecule has 2 amide bonds. The van der Waals surface area contributed by atoms with Crippen LogP contribution in [-0.2, 0) is 4.84 Å². The summed E-state index contributed by atoms with van der Waals surface area (Å²) in [5.41, 5.74) is 0.829. The molecule has 2 N–H and O–H groups in total. The van der Waals surface area contributed by atoms with Crippen LogP contribution in [0.15, 0.2) is 30.3 Å². The molecule has 5 unspecified atom stereocenters. The Labute approximate surface area is 171 Å². The Balaban J connectivity index is 2.31. The van der Waals surface area contributed by atoms with Crippen LogP contribution in [-0.4, -0.2) is 34.8 Å². The second kappa shape index (κ2) is 9.27. The van der Waals surface area contributed by atoms with Crippen molar-refractivity contribution in [1.29, 1.82) is 0 Å². The lowest BCUT2D eigenvalue weighted by molar-refractivity contribution is -0.327. The van der Waals surface area contributed by atoms with Crippen LogP contribution in [0.5, 0.6) is 0 Å². The lowest BCUT2D eigenvalue weighted by atomic mass is 9.68. The topological polar surface area (TPSA) is 53.6 Å². The van der Waals surface area contributed by atoms with Crippen molar-refractivity contribution in [3.8, 4) is 0 Å². The molecule has 1 aliphatic rings. The largest absolute Gasteiger partial charge is 0.338 e. The molecule has 5 heteroatoms. The fourth-order valence-electron chi connectivity index (χ4n) is 4.47. The molecule has 1 saturated heterocycles. The minimum absolute atomic E-state index is 0.0296. The summed E-state index contributed by atoms with van der Waals surface area (Å²) in [5, 5.41) is 8.36. The van der Waals surface area contributed by atoms with E-state index in [1.165, 1.54) is 5.56 Å². The van der Waals surface area contributed by atoms with Crippen molar-refractivity contribution >= 4 is 6.03 Å². The SMILES string of the molecule is CCNC(=O)NC1CC(C)(CC)N(OC(C)c2ccccc2)C(C)(CC)C1C. The number of hydrogen-bond donors (Lipinski definition) is 2. The van der Waals surface area contributed by atoms with Gasteiger partial charge in [0.15, 0.2) is 0 Å². The van der Waals surface area contributed by atoms with Gasteiger partial charge in [-0.25, -0.2) is 4.79 Å². The van der Waals surface area contributed by atoms with Crippen LogP contribution in [0.2, 0.25) is 0 Å². The number of urea groups is 1. The highest BCUT2D eigenvalue weighted by atomic mass is 16.7. The molecule has 2 rings (SSSR count). The standard InChI is InChI=1S/C23H39N3O2/c1-8-22(6)16-20(25-21(27)24-10-3)17(4)23(7,9-2)26(22)28-18(5)19-14-12-11-13-15-19/h11-15,17-18,20H,8-10,16H2,1-7H3,(H2,24,25,27). The number of hydrogen-bond acceptors (Lipinski definition) is 3. The number of amides is 2. The van der Waals surface area contributed by atoms with Gasteiger partial charge in [0.05, 0.1) is 0 Å². The Hall–Kier alpha value is -1.59. The van der Waals surface area contributed by atoms with E-state index in [0.29, 0.717) is 6.54 Å². The van der Waals surface area contributed by atoms with E-state index in [4.69, 9.17) is 4.84 Å². The molecule has 0 aliphatic carbocycles. The predicted molar refractivity (Wildman–Crippen MR) is 115 cm³/mol. The third-order valence-corrected chi connectivity index (χ3v) is 6.86. The van der Waals surface area contributed by atoms with Gasteiger partial charge < -0.3 is 10.6 Å². The van der Waals surface area contributed by atoms with E-state index in [1.807, 2.05) is 13.0 Å². The number of rotatable bonds is 7. The monoisotopic (exact) mass is 389 g/mol. The van der Waals surface area contributed by atoms with Gasteiger partial charge >= 0.3 is 6.03 Å². The summed E-state index contributed by atoms with van der Waals surface area (Å²) < 4.78 is 0. The van der Waals surface area contributed by atoms with E-state index < -0.39 is 0 Å². The summed E-state index contributed by atoms with van der Waals surface area (Å²) in [6.45, 7) is 15.9. The van der Waals surface area contributed by atoms with Gasteiger partial charge in [0.25, 0.3) is 0 Å². The van der Waals surface area contributed by atoms with Gasteiger partial charge in [0, 0.05) is 23.7 Å². The molecule has 1 fully saturated rings. The number of piperidine rings is 1. The van der Waals surface area contributed by atoms with Crippen molar-refractivity contribution in [2.75, 3.05) is 6.54 Å². The van der Waals surface area contributed by atoms with Crippen molar-refractivity contribution in [3.63, 3.8) is 0 Å². The molecule has 1 heterocycles. The number of carbonyl (C=O) groups is 1.